The molecule has 106 valence electrons. The van der Waals surface area contributed by atoms with E-state index < -0.39 is 0 Å². The molecule has 1 aromatic rings. The Hall–Kier alpha value is -1.05. The third-order valence-corrected chi connectivity index (χ3v) is 3.98. The van der Waals surface area contributed by atoms with Gasteiger partial charge in [-0.3, -0.25) is 0 Å². The van der Waals surface area contributed by atoms with Crippen LogP contribution >= 0.6 is 11.8 Å². The van der Waals surface area contributed by atoms with Gasteiger partial charge in [-0.2, -0.15) is 11.8 Å². The second-order valence-corrected chi connectivity index (χ2v) is 5.59. The topological polar surface area (TPSA) is 85.1 Å². The first kappa shape index (κ1) is 14.4. The number of hydrogen-bond donors (Lipinski definition) is 3. The van der Waals surface area contributed by atoms with Gasteiger partial charge in [0.2, 0.25) is 0 Å². The van der Waals surface area contributed by atoms with Crippen LogP contribution in [0.15, 0.2) is 6.07 Å². The summed E-state index contributed by atoms with van der Waals surface area (Å²) >= 11 is 2.01. The van der Waals surface area contributed by atoms with Crippen molar-refractivity contribution in [3.05, 3.63) is 11.9 Å². The average Bonchev–Trinajstić information content (AvgIpc) is 2.46. The number of ether oxygens (including phenoxy) is 1. The first-order valence-corrected chi connectivity index (χ1v) is 7.74. The van der Waals surface area contributed by atoms with Crippen LogP contribution in [0, 0.1) is 0 Å². The van der Waals surface area contributed by atoms with Gasteiger partial charge in [0.1, 0.15) is 18.2 Å². The van der Waals surface area contributed by atoms with E-state index in [0.717, 1.165) is 5.82 Å². The molecular weight excluding hydrogens is 262 g/mol. The van der Waals surface area contributed by atoms with E-state index in [4.69, 9.17) is 10.6 Å². The lowest BCUT2D eigenvalue weighted by molar-refractivity contribution is 0.128. The Balaban J connectivity index is 2.04. The molecule has 1 saturated heterocycles. The van der Waals surface area contributed by atoms with Crippen molar-refractivity contribution in [3.63, 3.8) is 0 Å². The number of hydrogen-bond acceptors (Lipinski definition) is 7. The number of nitrogens with two attached hydrogens (primary N) is 1. The molecule has 0 amide bonds. The molecular formula is C12H21N5OS. The van der Waals surface area contributed by atoms with Gasteiger partial charge in [0.15, 0.2) is 5.82 Å². The highest BCUT2D eigenvalue weighted by Crippen LogP contribution is 2.21. The quantitative estimate of drug-likeness (QED) is 0.540. The Kier molecular flexibility index (Phi) is 5.68. The summed E-state index contributed by atoms with van der Waals surface area (Å²) in [6.07, 6.45) is 2.34. The molecule has 0 bridgehead atoms. The summed E-state index contributed by atoms with van der Waals surface area (Å²) in [5, 5.41) is 3.46. The maximum Gasteiger partial charge on any atom is 0.158 e. The fourth-order valence-electron chi connectivity index (χ4n) is 1.95. The number of aromatic nitrogens is 2. The highest BCUT2D eigenvalue weighted by Gasteiger charge is 2.14. The Morgan fingerprint density at radius 3 is 2.79 bits per heavy atom. The minimum absolute atomic E-state index is 0.404. The minimum Gasteiger partial charge on any atom is -0.374 e. The number of nitrogens with one attached hydrogen (secondary N) is 2. The highest BCUT2D eigenvalue weighted by molar-refractivity contribution is 7.99. The first-order chi connectivity index (χ1) is 9.31. The van der Waals surface area contributed by atoms with Crippen LogP contribution in [-0.4, -0.2) is 34.1 Å². The number of hydrazine groups is 1. The van der Waals surface area contributed by atoms with Crippen molar-refractivity contribution in [1.82, 2.24) is 9.97 Å². The molecule has 1 fully saturated rings. The van der Waals surface area contributed by atoms with Crippen LogP contribution in [0.2, 0.25) is 0 Å². The monoisotopic (exact) mass is 283 g/mol. The molecule has 7 heteroatoms. The number of nitrogens with zero attached hydrogens (tertiary/aromatic N) is 2. The zero-order valence-corrected chi connectivity index (χ0v) is 12.0. The van der Waals surface area contributed by atoms with Gasteiger partial charge in [0.25, 0.3) is 0 Å². The lowest BCUT2D eigenvalue weighted by atomic mass is 10.1. The summed E-state index contributed by atoms with van der Waals surface area (Å²) < 4.78 is 5.34. The highest BCUT2D eigenvalue weighted by atomic mass is 32.2. The van der Waals surface area contributed by atoms with Crippen molar-refractivity contribution in [2.24, 2.45) is 5.84 Å². The number of rotatable bonds is 6. The zero-order chi connectivity index (χ0) is 13.5. The predicted molar refractivity (Wildman–Crippen MR) is 79.1 cm³/mol. The molecule has 0 unspecified atom stereocenters. The van der Waals surface area contributed by atoms with Gasteiger partial charge in [-0.25, -0.2) is 15.8 Å². The molecule has 2 rings (SSSR count). The molecule has 0 atom stereocenters. The van der Waals surface area contributed by atoms with E-state index in [1.54, 1.807) is 0 Å². The molecule has 2 heterocycles. The Bertz CT molecular complexity index is 398. The Morgan fingerprint density at radius 2 is 2.11 bits per heavy atom. The summed E-state index contributed by atoms with van der Waals surface area (Å²) in [5.74, 6) is 9.91. The number of nitrogen functional groups attached to an aromatic ring is 1. The molecule has 1 aliphatic rings. The van der Waals surface area contributed by atoms with Gasteiger partial charge < -0.3 is 15.5 Å². The Morgan fingerprint density at radius 1 is 1.37 bits per heavy atom. The maximum absolute atomic E-state index is 5.44. The van der Waals surface area contributed by atoms with Crippen LogP contribution in [0.1, 0.15) is 25.6 Å². The summed E-state index contributed by atoms with van der Waals surface area (Å²) in [6, 6.07) is 2.32. The summed E-state index contributed by atoms with van der Waals surface area (Å²) in [7, 11) is 0. The van der Waals surface area contributed by atoms with E-state index in [2.05, 4.69) is 20.7 Å². The largest absolute Gasteiger partial charge is 0.374 e. The van der Waals surface area contributed by atoms with Crippen molar-refractivity contribution in [2.45, 2.75) is 32.4 Å². The van der Waals surface area contributed by atoms with Crippen molar-refractivity contribution in [2.75, 3.05) is 28.9 Å². The van der Waals surface area contributed by atoms with Crippen LogP contribution in [0.5, 0.6) is 0 Å². The molecule has 4 N–H and O–H groups in total. The van der Waals surface area contributed by atoms with Gasteiger partial charge in [0.05, 0.1) is 0 Å². The van der Waals surface area contributed by atoms with E-state index in [1.165, 1.54) is 24.3 Å². The van der Waals surface area contributed by atoms with Gasteiger partial charge >= 0.3 is 0 Å². The Labute approximate surface area is 117 Å². The molecule has 0 saturated carbocycles. The minimum atomic E-state index is 0.404. The second-order valence-electron chi connectivity index (χ2n) is 4.37. The van der Waals surface area contributed by atoms with E-state index in [9.17, 15) is 0 Å². The van der Waals surface area contributed by atoms with E-state index in [1.807, 2.05) is 24.8 Å². The fourth-order valence-corrected chi connectivity index (χ4v) is 3.06. The molecule has 0 spiro atoms. The van der Waals surface area contributed by atoms with E-state index >= 15 is 0 Å². The molecule has 1 aliphatic heterocycles. The molecule has 0 aliphatic carbocycles. The van der Waals surface area contributed by atoms with Crippen LogP contribution in [0.25, 0.3) is 0 Å². The van der Waals surface area contributed by atoms with Gasteiger partial charge in [-0.15, -0.1) is 0 Å². The lowest BCUT2D eigenvalue weighted by Gasteiger charge is -2.23. The smallest absolute Gasteiger partial charge is 0.158 e. The summed E-state index contributed by atoms with van der Waals surface area (Å²) in [6.45, 7) is 3.00. The normalized spacial score (nSPS) is 16.3. The van der Waals surface area contributed by atoms with Crippen molar-refractivity contribution >= 4 is 23.4 Å². The van der Waals surface area contributed by atoms with Crippen molar-refractivity contribution in [1.29, 1.82) is 0 Å². The number of thioether (sulfide) groups is 1. The van der Waals surface area contributed by atoms with Crippen LogP contribution < -0.4 is 16.6 Å². The third-order valence-electron chi connectivity index (χ3n) is 2.93. The fraction of sp³-hybridized carbons (Fsp3) is 0.667. The molecule has 19 heavy (non-hydrogen) atoms. The predicted octanol–water partition coefficient (Wildman–Crippen LogP) is 1.61. The summed E-state index contributed by atoms with van der Waals surface area (Å²) in [5.41, 5.74) is 2.57. The molecule has 0 aromatic carbocycles. The van der Waals surface area contributed by atoms with Crippen LogP contribution in [0.3, 0.4) is 0 Å². The number of anilines is 2. The van der Waals surface area contributed by atoms with Crippen molar-refractivity contribution in [3.8, 4) is 0 Å². The molecule has 1 aromatic heterocycles. The maximum atomic E-state index is 5.44. The standard InChI is InChI=1S/C12H21N5OS/c1-2-18-8-12-15-10(7-11(16-12)17-13)14-9-3-5-19-6-4-9/h7,9H,2-6,8,13H2,1H3,(H2,14,15,16,17). The summed E-state index contributed by atoms with van der Waals surface area (Å²) in [4.78, 5) is 8.73. The molecule has 0 radical (unpaired) electrons. The second kappa shape index (κ2) is 7.52. The van der Waals surface area contributed by atoms with Crippen molar-refractivity contribution < 1.29 is 4.74 Å². The van der Waals surface area contributed by atoms with Gasteiger partial charge in [0, 0.05) is 18.7 Å². The molecule has 6 nitrogen and oxygen atoms in total. The van der Waals surface area contributed by atoms with Gasteiger partial charge in [-0.1, -0.05) is 0 Å². The lowest BCUT2D eigenvalue weighted by Crippen LogP contribution is -2.25. The van der Waals surface area contributed by atoms with E-state index in [-0.39, 0.29) is 0 Å². The van der Waals surface area contributed by atoms with E-state index in [0.29, 0.717) is 30.9 Å². The first-order valence-electron chi connectivity index (χ1n) is 6.58. The SMILES string of the molecule is CCOCc1nc(NN)cc(NC2CCSCC2)n1. The average molecular weight is 283 g/mol. The third kappa shape index (κ3) is 4.52. The van der Waals surface area contributed by atoms with Gasteiger partial charge in [-0.05, 0) is 31.3 Å². The van der Waals surface area contributed by atoms with Crippen LogP contribution in [-0.2, 0) is 11.3 Å². The zero-order valence-electron chi connectivity index (χ0n) is 11.2. The van der Waals surface area contributed by atoms with Crippen LogP contribution in [0.4, 0.5) is 11.6 Å².